The lowest BCUT2D eigenvalue weighted by Crippen LogP contribution is -2.44. The molecular formula is C22H27NO5. The molecule has 1 aromatic carbocycles. The van der Waals surface area contributed by atoms with E-state index < -0.39 is 5.97 Å². The van der Waals surface area contributed by atoms with Gasteiger partial charge in [0.15, 0.2) is 17.3 Å². The van der Waals surface area contributed by atoms with Gasteiger partial charge in [0, 0.05) is 30.0 Å². The van der Waals surface area contributed by atoms with Crippen LogP contribution in [-0.2, 0) is 9.63 Å². The van der Waals surface area contributed by atoms with E-state index >= 15 is 0 Å². The van der Waals surface area contributed by atoms with Crippen LogP contribution in [0.25, 0.3) is 0 Å². The van der Waals surface area contributed by atoms with Crippen LogP contribution in [0.15, 0.2) is 23.9 Å². The number of nitrogens with one attached hydrogen (secondary N) is 1. The van der Waals surface area contributed by atoms with Crippen molar-refractivity contribution in [1.29, 1.82) is 0 Å². The summed E-state index contributed by atoms with van der Waals surface area (Å²) in [6.45, 7) is 3.63. The van der Waals surface area contributed by atoms with Gasteiger partial charge in [-0.2, -0.15) is 0 Å². The van der Waals surface area contributed by atoms with Crippen LogP contribution in [-0.4, -0.2) is 26.0 Å². The average molecular weight is 385 g/mol. The molecule has 28 heavy (non-hydrogen) atoms. The highest BCUT2D eigenvalue weighted by Gasteiger charge is 2.53. The summed E-state index contributed by atoms with van der Waals surface area (Å²) in [6.07, 6.45) is 5.73. The number of Topliss-reactive ketones (excluding diaryl/α,β-unsaturated/α-hetero) is 1. The van der Waals surface area contributed by atoms with Crippen molar-refractivity contribution in [3.05, 3.63) is 35.0 Å². The Kier molecular flexibility index (Phi) is 4.70. The molecule has 0 aliphatic heterocycles. The molecule has 0 heterocycles. The minimum atomic E-state index is -0.428. The van der Waals surface area contributed by atoms with Crippen molar-refractivity contribution in [2.45, 2.75) is 45.4 Å². The van der Waals surface area contributed by atoms with Crippen molar-refractivity contribution >= 4 is 11.8 Å². The van der Waals surface area contributed by atoms with E-state index in [1.807, 2.05) is 6.07 Å². The number of carbonyl (C=O) groups is 2. The van der Waals surface area contributed by atoms with Crippen molar-refractivity contribution in [3.63, 3.8) is 0 Å². The fraction of sp³-hybridized carbons (Fsp3) is 0.545. The van der Waals surface area contributed by atoms with Crippen molar-refractivity contribution in [3.8, 4) is 11.5 Å². The number of rotatable bonds is 4. The second-order valence-electron chi connectivity index (χ2n) is 8.30. The molecule has 0 spiro atoms. The zero-order valence-corrected chi connectivity index (χ0v) is 16.8. The maximum Gasteiger partial charge on any atom is 0.308 e. The molecule has 1 N–H and O–H groups in total. The minimum Gasteiger partial charge on any atom is -0.493 e. The van der Waals surface area contributed by atoms with Gasteiger partial charge in [-0.1, -0.05) is 13.0 Å². The molecule has 3 aliphatic rings. The zero-order chi connectivity index (χ0) is 20.1. The lowest BCUT2D eigenvalue weighted by atomic mass is 9.55. The highest BCUT2D eigenvalue weighted by atomic mass is 16.6. The fourth-order valence-electron chi connectivity index (χ4n) is 5.64. The van der Waals surface area contributed by atoms with E-state index in [-0.39, 0.29) is 17.1 Å². The van der Waals surface area contributed by atoms with Gasteiger partial charge in [0.1, 0.15) is 0 Å². The lowest BCUT2D eigenvalue weighted by molar-refractivity contribution is -0.132. The van der Waals surface area contributed by atoms with E-state index in [4.69, 9.17) is 14.3 Å². The van der Waals surface area contributed by atoms with Crippen molar-refractivity contribution < 1.29 is 23.9 Å². The fourth-order valence-corrected chi connectivity index (χ4v) is 5.64. The zero-order valence-electron chi connectivity index (χ0n) is 16.8. The van der Waals surface area contributed by atoms with Crippen molar-refractivity contribution in [2.75, 3.05) is 14.2 Å². The maximum atomic E-state index is 13.0. The minimum absolute atomic E-state index is 0.0106. The Bertz CT molecular complexity index is 861. The molecule has 0 radical (unpaired) electrons. The molecule has 1 saturated carbocycles. The third-order valence-corrected chi connectivity index (χ3v) is 6.94. The monoisotopic (exact) mass is 385 g/mol. The third kappa shape index (κ3) is 2.82. The van der Waals surface area contributed by atoms with Gasteiger partial charge in [-0.15, -0.1) is 0 Å². The van der Waals surface area contributed by atoms with Gasteiger partial charge in [0.25, 0.3) is 0 Å². The first kappa shape index (κ1) is 19.0. The molecular weight excluding hydrogens is 358 g/mol. The first-order valence-electron chi connectivity index (χ1n) is 9.82. The van der Waals surface area contributed by atoms with Gasteiger partial charge in [-0.25, -0.2) is 0 Å². The standard InChI is InChI=1S/C22H27NO5/c1-12(24)28-20-11-16-14(10-19(20)26-3)13-7-8-22(2)17(15(13)9-18(16)25)5-6-21(22)23-27-4/h6,10-11,13,15,17,23H,5,7-9H2,1-4H3/t13-,15-,17?,22-/m0/s1. The summed E-state index contributed by atoms with van der Waals surface area (Å²) >= 11 is 0. The average Bonchev–Trinajstić information content (AvgIpc) is 2.98. The van der Waals surface area contributed by atoms with Crippen LogP contribution in [0.1, 0.15) is 61.4 Å². The highest BCUT2D eigenvalue weighted by molar-refractivity contribution is 6.00. The molecule has 4 rings (SSSR count). The largest absolute Gasteiger partial charge is 0.493 e. The predicted molar refractivity (Wildman–Crippen MR) is 103 cm³/mol. The quantitative estimate of drug-likeness (QED) is 0.483. The van der Waals surface area contributed by atoms with E-state index in [2.05, 4.69) is 18.5 Å². The molecule has 1 fully saturated rings. The normalized spacial score (nSPS) is 30.6. The molecule has 4 atom stereocenters. The van der Waals surface area contributed by atoms with Crippen LogP contribution in [0.3, 0.4) is 0 Å². The van der Waals surface area contributed by atoms with Crippen LogP contribution < -0.4 is 15.0 Å². The van der Waals surface area contributed by atoms with Crippen molar-refractivity contribution in [1.82, 2.24) is 5.48 Å². The Labute approximate surface area is 165 Å². The summed E-state index contributed by atoms with van der Waals surface area (Å²) in [7, 11) is 3.19. The number of hydroxylamine groups is 1. The summed E-state index contributed by atoms with van der Waals surface area (Å²) < 4.78 is 10.7. The number of fused-ring (bicyclic) bond motifs is 5. The number of carbonyl (C=O) groups excluding carboxylic acids is 2. The summed E-state index contributed by atoms with van der Waals surface area (Å²) in [5.41, 5.74) is 5.91. The predicted octanol–water partition coefficient (Wildman–Crippen LogP) is 3.76. The number of ketones is 1. The van der Waals surface area contributed by atoms with Gasteiger partial charge in [-0.3, -0.25) is 19.9 Å². The molecule has 0 saturated heterocycles. The smallest absolute Gasteiger partial charge is 0.308 e. The van der Waals surface area contributed by atoms with E-state index in [1.165, 1.54) is 6.92 Å². The van der Waals surface area contributed by atoms with Crippen molar-refractivity contribution in [2.24, 2.45) is 17.3 Å². The van der Waals surface area contributed by atoms with Crippen LogP contribution >= 0.6 is 0 Å². The molecule has 1 aromatic rings. The molecule has 1 unspecified atom stereocenters. The van der Waals surface area contributed by atoms with Gasteiger partial charge in [0.05, 0.1) is 14.2 Å². The molecule has 3 aliphatic carbocycles. The Balaban J connectivity index is 1.71. The third-order valence-electron chi connectivity index (χ3n) is 6.94. The number of esters is 1. The second-order valence-corrected chi connectivity index (χ2v) is 8.30. The molecule has 0 amide bonds. The Morgan fingerprint density at radius 2 is 2.04 bits per heavy atom. The van der Waals surface area contributed by atoms with Crippen LogP contribution in [0.4, 0.5) is 0 Å². The van der Waals surface area contributed by atoms with Gasteiger partial charge < -0.3 is 9.47 Å². The van der Waals surface area contributed by atoms with Gasteiger partial charge >= 0.3 is 5.97 Å². The van der Waals surface area contributed by atoms with E-state index in [0.717, 1.165) is 30.5 Å². The number of allylic oxidation sites excluding steroid dienone is 2. The Morgan fingerprint density at radius 3 is 2.71 bits per heavy atom. The Hall–Kier alpha value is -2.34. The molecule has 0 aromatic heterocycles. The second kappa shape index (κ2) is 6.92. The molecule has 0 bridgehead atoms. The SMILES string of the molecule is CONC1=CCC2[C@H]3CC(=O)c4cc(OC(C)=O)c(OC)cc4[C@@H]3CC[C@]12C. The van der Waals surface area contributed by atoms with E-state index in [1.54, 1.807) is 20.3 Å². The maximum absolute atomic E-state index is 13.0. The first-order valence-corrected chi connectivity index (χ1v) is 9.82. The number of ether oxygens (including phenoxy) is 2. The number of methoxy groups -OCH3 is 1. The molecule has 6 nitrogen and oxygen atoms in total. The van der Waals surface area contributed by atoms with E-state index in [0.29, 0.717) is 35.3 Å². The van der Waals surface area contributed by atoms with Crippen LogP contribution in [0.2, 0.25) is 0 Å². The first-order chi connectivity index (χ1) is 13.4. The van der Waals surface area contributed by atoms with Crippen LogP contribution in [0, 0.1) is 17.3 Å². The summed E-state index contributed by atoms with van der Waals surface area (Å²) in [4.78, 5) is 29.6. The lowest BCUT2D eigenvalue weighted by Gasteiger charge is -2.49. The van der Waals surface area contributed by atoms with Crippen LogP contribution in [0.5, 0.6) is 11.5 Å². The number of hydrogen-bond donors (Lipinski definition) is 1. The summed E-state index contributed by atoms with van der Waals surface area (Å²) in [5, 5.41) is 0. The summed E-state index contributed by atoms with van der Waals surface area (Å²) in [6, 6.07) is 3.59. The number of hydrogen-bond acceptors (Lipinski definition) is 6. The van der Waals surface area contributed by atoms with Gasteiger partial charge in [0.2, 0.25) is 0 Å². The number of benzene rings is 1. The highest BCUT2D eigenvalue weighted by Crippen LogP contribution is 2.61. The topological polar surface area (TPSA) is 73.9 Å². The molecule has 150 valence electrons. The van der Waals surface area contributed by atoms with Gasteiger partial charge in [-0.05, 0) is 54.7 Å². The summed E-state index contributed by atoms with van der Waals surface area (Å²) in [5.74, 6) is 1.50. The molecule has 6 heteroatoms. The Morgan fingerprint density at radius 1 is 1.25 bits per heavy atom. The van der Waals surface area contributed by atoms with E-state index in [9.17, 15) is 9.59 Å².